The molecule has 4 nitrogen and oxygen atoms in total. The number of carbonyl (C=O) groups excluding carboxylic acids is 1. The van der Waals surface area contributed by atoms with Crippen molar-refractivity contribution in [2.45, 2.75) is 13.3 Å². The summed E-state index contributed by atoms with van der Waals surface area (Å²) in [6, 6.07) is 19.0. The molecule has 0 amide bonds. The molecule has 0 aliphatic rings. The van der Waals surface area contributed by atoms with E-state index in [1.807, 2.05) is 54.6 Å². The summed E-state index contributed by atoms with van der Waals surface area (Å²) in [5, 5.41) is 15.3. The SMILES string of the molecule is CCc1ccc(-c2cc(C(=O)[O-])nn2-c2ccccc2)cc1. The second-order valence-electron chi connectivity index (χ2n) is 5.00. The predicted octanol–water partition coefficient (Wildman–Crippen LogP) is 2.47. The summed E-state index contributed by atoms with van der Waals surface area (Å²) >= 11 is 0. The Morgan fingerprint density at radius 1 is 1.09 bits per heavy atom. The number of aryl methyl sites for hydroxylation is 1. The van der Waals surface area contributed by atoms with Gasteiger partial charge in [-0.1, -0.05) is 49.4 Å². The third-order valence-electron chi connectivity index (χ3n) is 3.58. The Labute approximate surface area is 128 Å². The van der Waals surface area contributed by atoms with Gasteiger partial charge in [0.2, 0.25) is 0 Å². The van der Waals surface area contributed by atoms with Crippen LogP contribution >= 0.6 is 0 Å². The van der Waals surface area contributed by atoms with Crippen molar-refractivity contribution in [3.8, 4) is 16.9 Å². The summed E-state index contributed by atoms with van der Waals surface area (Å²) in [6.45, 7) is 2.09. The maximum atomic E-state index is 11.1. The van der Waals surface area contributed by atoms with Gasteiger partial charge in [0.15, 0.2) is 0 Å². The van der Waals surface area contributed by atoms with Gasteiger partial charge in [-0.25, -0.2) is 4.68 Å². The highest BCUT2D eigenvalue weighted by atomic mass is 16.4. The number of rotatable bonds is 4. The molecular weight excluding hydrogens is 276 g/mol. The molecule has 1 aromatic heterocycles. The number of hydrogen-bond acceptors (Lipinski definition) is 3. The maximum Gasteiger partial charge on any atom is 0.109 e. The summed E-state index contributed by atoms with van der Waals surface area (Å²) in [5.41, 5.74) is 3.62. The topological polar surface area (TPSA) is 57.9 Å². The zero-order chi connectivity index (χ0) is 15.5. The van der Waals surface area contributed by atoms with E-state index in [2.05, 4.69) is 12.0 Å². The molecule has 0 unspecified atom stereocenters. The summed E-state index contributed by atoms with van der Waals surface area (Å²) in [7, 11) is 0. The number of hydrogen-bond donors (Lipinski definition) is 0. The molecule has 0 atom stereocenters. The minimum Gasteiger partial charge on any atom is -0.543 e. The smallest absolute Gasteiger partial charge is 0.109 e. The first-order chi connectivity index (χ1) is 10.7. The predicted molar refractivity (Wildman–Crippen MR) is 82.7 cm³/mol. The van der Waals surface area contributed by atoms with Crippen molar-refractivity contribution in [3.05, 3.63) is 71.9 Å². The Morgan fingerprint density at radius 2 is 1.77 bits per heavy atom. The van der Waals surface area contributed by atoms with Crippen LogP contribution in [0.2, 0.25) is 0 Å². The van der Waals surface area contributed by atoms with Gasteiger partial charge in [0.25, 0.3) is 0 Å². The van der Waals surface area contributed by atoms with Crippen molar-refractivity contribution >= 4 is 5.97 Å². The van der Waals surface area contributed by atoms with Crippen LogP contribution in [0.15, 0.2) is 60.7 Å². The second kappa shape index (κ2) is 5.85. The third kappa shape index (κ3) is 2.63. The van der Waals surface area contributed by atoms with Gasteiger partial charge in [-0.3, -0.25) is 0 Å². The molecule has 0 bridgehead atoms. The number of nitrogens with zero attached hydrogens (tertiary/aromatic N) is 2. The van der Waals surface area contributed by atoms with E-state index >= 15 is 0 Å². The first-order valence-electron chi connectivity index (χ1n) is 7.15. The quantitative estimate of drug-likeness (QED) is 0.742. The number of para-hydroxylation sites is 1. The van der Waals surface area contributed by atoms with Crippen molar-refractivity contribution < 1.29 is 9.90 Å². The molecule has 4 heteroatoms. The van der Waals surface area contributed by atoms with E-state index in [1.165, 1.54) is 5.56 Å². The van der Waals surface area contributed by atoms with Gasteiger partial charge in [0.05, 0.1) is 17.4 Å². The highest BCUT2D eigenvalue weighted by Crippen LogP contribution is 2.24. The van der Waals surface area contributed by atoms with E-state index in [-0.39, 0.29) is 5.69 Å². The molecule has 110 valence electrons. The van der Waals surface area contributed by atoms with E-state index in [1.54, 1.807) is 10.7 Å². The average Bonchev–Trinajstić information content (AvgIpc) is 3.01. The van der Waals surface area contributed by atoms with Crippen LogP contribution in [0.3, 0.4) is 0 Å². The molecule has 22 heavy (non-hydrogen) atoms. The Kier molecular flexibility index (Phi) is 3.74. The fourth-order valence-corrected chi connectivity index (χ4v) is 2.36. The van der Waals surface area contributed by atoms with Crippen LogP contribution in [0.5, 0.6) is 0 Å². The van der Waals surface area contributed by atoms with Gasteiger partial charge < -0.3 is 9.90 Å². The molecule has 0 aliphatic carbocycles. The lowest BCUT2D eigenvalue weighted by atomic mass is 10.1. The van der Waals surface area contributed by atoms with Crippen molar-refractivity contribution in [2.24, 2.45) is 0 Å². The first-order valence-corrected chi connectivity index (χ1v) is 7.15. The van der Waals surface area contributed by atoms with Crippen LogP contribution in [0.1, 0.15) is 23.0 Å². The number of benzene rings is 2. The number of carboxylic acids is 1. The zero-order valence-electron chi connectivity index (χ0n) is 12.2. The number of carboxylic acid groups (broad SMARTS) is 1. The largest absolute Gasteiger partial charge is 0.543 e. The van der Waals surface area contributed by atoms with E-state index in [0.717, 1.165) is 23.4 Å². The lowest BCUT2D eigenvalue weighted by molar-refractivity contribution is -0.255. The van der Waals surface area contributed by atoms with Gasteiger partial charge >= 0.3 is 0 Å². The molecule has 3 rings (SSSR count). The monoisotopic (exact) mass is 291 g/mol. The molecule has 0 saturated heterocycles. The van der Waals surface area contributed by atoms with Gasteiger partial charge in [0, 0.05) is 5.56 Å². The zero-order valence-corrected chi connectivity index (χ0v) is 12.2. The lowest BCUT2D eigenvalue weighted by Gasteiger charge is -2.08. The summed E-state index contributed by atoms with van der Waals surface area (Å²) in [4.78, 5) is 11.1. The van der Waals surface area contributed by atoms with Crippen molar-refractivity contribution in [2.75, 3.05) is 0 Å². The number of aromatic carboxylic acids is 1. The fourth-order valence-electron chi connectivity index (χ4n) is 2.36. The Hall–Kier alpha value is -2.88. The molecule has 0 radical (unpaired) electrons. The Morgan fingerprint density at radius 3 is 2.36 bits per heavy atom. The van der Waals surface area contributed by atoms with Gasteiger partial charge in [0.1, 0.15) is 5.69 Å². The van der Waals surface area contributed by atoms with Crippen LogP contribution in [-0.4, -0.2) is 15.7 Å². The normalized spacial score (nSPS) is 10.6. The van der Waals surface area contributed by atoms with Gasteiger partial charge in [-0.05, 0) is 30.2 Å². The van der Waals surface area contributed by atoms with E-state index in [9.17, 15) is 9.90 Å². The minimum absolute atomic E-state index is 0.0709. The van der Waals surface area contributed by atoms with Crippen LogP contribution in [0, 0.1) is 0 Å². The molecule has 0 saturated carbocycles. The van der Waals surface area contributed by atoms with Crippen LogP contribution in [0.4, 0.5) is 0 Å². The highest BCUT2D eigenvalue weighted by molar-refractivity contribution is 5.85. The molecule has 2 aromatic carbocycles. The van der Waals surface area contributed by atoms with Crippen molar-refractivity contribution in [3.63, 3.8) is 0 Å². The highest BCUT2D eigenvalue weighted by Gasteiger charge is 2.12. The van der Waals surface area contributed by atoms with E-state index in [4.69, 9.17) is 0 Å². The number of carbonyl (C=O) groups is 1. The van der Waals surface area contributed by atoms with Gasteiger partial charge in [-0.15, -0.1) is 0 Å². The molecule has 3 aromatic rings. The molecule has 1 heterocycles. The maximum absolute atomic E-state index is 11.1. The fraction of sp³-hybridized carbons (Fsp3) is 0.111. The summed E-state index contributed by atoms with van der Waals surface area (Å²) in [6.07, 6.45) is 0.961. The van der Waals surface area contributed by atoms with Crippen LogP contribution < -0.4 is 5.11 Å². The summed E-state index contributed by atoms with van der Waals surface area (Å²) < 4.78 is 1.63. The standard InChI is InChI=1S/C18H16N2O2/c1-2-13-8-10-14(11-9-13)17-12-16(18(21)22)19-20(17)15-6-4-3-5-7-15/h3-12H,2H2,1H3,(H,21,22)/p-1. The van der Waals surface area contributed by atoms with Gasteiger partial charge in [-0.2, -0.15) is 5.10 Å². The van der Waals surface area contributed by atoms with Crippen LogP contribution in [0.25, 0.3) is 16.9 Å². The summed E-state index contributed by atoms with van der Waals surface area (Å²) in [5.74, 6) is -1.28. The third-order valence-corrected chi connectivity index (χ3v) is 3.58. The number of aromatic nitrogens is 2. The lowest BCUT2D eigenvalue weighted by Crippen LogP contribution is -2.22. The molecule has 0 spiro atoms. The van der Waals surface area contributed by atoms with E-state index < -0.39 is 5.97 Å². The molecule has 0 aliphatic heterocycles. The van der Waals surface area contributed by atoms with E-state index in [0.29, 0.717) is 0 Å². The van der Waals surface area contributed by atoms with Crippen molar-refractivity contribution in [1.82, 2.24) is 9.78 Å². The molecule has 0 N–H and O–H groups in total. The Bertz CT molecular complexity index is 790. The molecule has 0 fully saturated rings. The van der Waals surface area contributed by atoms with Crippen LogP contribution in [-0.2, 0) is 6.42 Å². The Balaban J connectivity index is 2.14. The second-order valence-corrected chi connectivity index (χ2v) is 5.00. The first kappa shape index (κ1) is 14.1. The molecular formula is C18H15N2O2-. The average molecular weight is 291 g/mol. The minimum atomic E-state index is -1.28. The van der Waals surface area contributed by atoms with Crippen molar-refractivity contribution in [1.29, 1.82) is 0 Å².